The lowest BCUT2D eigenvalue weighted by molar-refractivity contribution is -0.121. The van der Waals surface area contributed by atoms with Crippen LogP contribution < -0.4 is 15.4 Å². The zero-order valence-corrected chi connectivity index (χ0v) is 14.3. The standard InChI is InChI=1S/C18H18N2O3S/c1-12-6-8-16(9-7-12)23-11-17(22)20-18(24)19-15-5-3-4-14(10-15)13(2)21/h3-10H,11H2,1-2H3,(H2,19,20,22,24). The molecule has 1 amide bonds. The Kier molecular flexibility index (Phi) is 6.03. The normalized spacial score (nSPS) is 9.92. The van der Waals surface area contributed by atoms with Gasteiger partial charge in [0.15, 0.2) is 17.5 Å². The van der Waals surface area contributed by atoms with E-state index < -0.39 is 0 Å². The van der Waals surface area contributed by atoms with E-state index in [2.05, 4.69) is 10.6 Å². The molecule has 2 aromatic rings. The van der Waals surface area contributed by atoms with Crippen molar-refractivity contribution in [2.75, 3.05) is 11.9 Å². The van der Waals surface area contributed by atoms with Gasteiger partial charge in [0, 0.05) is 11.3 Å². The van der Waals surface area contributed by atoms with E-state index in [1.165, 1.54) is 6.92 Å². The fourth-order valence-corrected chi connectivity index (χ4v) is 2.16. The number of aryl methyl sites for hydroxylation is 1. The van der Waals surface area contributed by atoms with Gasteiger partial charge >= 0.3 is 0 Å². The summed E-state index contributed by atoms with van der Waals surface area (Å²) in [5, 5.41) is 5.54. The predicted molar refractivity (Wildman–Crippen MR) is 97.5 cm³/mol. The van der Waals surface area contributed by atoms with E-state index >= 15 is 0 Å². The predicted octanol–water partition coefficient (Wildman–Crippen LogP) is 3.09. The third kappa shape index (κ3) is 5.48. The molecule has 124 valence electrons. The maximum atomic E-state index is 11.8. The molecule has 6 heteroatoms. The van der Waals surface area contributed by atoms with Crippen molar-refractivity contribution in [1.29, 1.82) is 0 Å². The minimum Gasteiger partial charge on any atom is -0.484 e. The van der Waals surface area contributed by atoms with Gasteiger partial charge in [0.1, 0.15) is 5.75 Å². The second-order valence-electron chi connectivity index (χ2n) is 5.24. The number of anilines is 1. The number of hydrogen-bond donors (Lipinski definition) is 2. The average molecular weight is 342 g/mol. The smallest absolute Gasteiger partial charge is 0.264 e. The number of carbonyl (C=O) groups excluding carboxylic acids is 2. The average Bonchev–Trinajstić information content (AvgIpc) is 2.54. The van der Waals surface area contributed by atoms with Gasteiger partial charge in [0.25, 0.3) is 5.91 Å². The molecule has 0 aliphatic heterocycles. The Balaban J connectivity index is 1.83. The van der Waals surface area contributed by atoms with Crippen LogP contribution >= 0.6 is 12.2 Å². The van der Waals surface area contributed by atoms with E-state index in [0.29, 0.717) is 17.0 Å². The zero-order chi connectivity index (χ0) is 17.5. The molecule has 0 aliphatic rings. The van der Waals surface area contributed by atoms with Crippen LogP contribution in [0.3, 0.4) is 0 Å². The summed E-state index contributed by atoms with van der Waals surface area (Å²) in [6, 6.07) is 14.3. The third-order valence-electron chi connectivity index (χ3n) is 3.17. The van der Waals surface area contributed by atoms with Crippen molar-refractivity contribution < 1.29 is 14.3 Å². The van der Waals surface area contributed by atoms with Crippen LogP contribution in [0, 0.1) is 6.92 Å². The van der Waals surface area contributed by atoms with E-state index in [-0.39, 0.29) is 23.4 Å². The van der Waals surface area contributed by atoms with Crippen molar-refractivity contribution in [3.05, 3.63) is 59.7 Å². The Bertz CT molecular complexity index is 757. The van der Waals surface area contributed by atoms with Crippen LogP contribution in [-0.2, 0) is 4.79 Å². The molecule has 0 fully saturated rings. The Hall–Kier alpha value is -2.73. The van der Waals surface area contributed by atoms with Gasteiger partial charge in [0.2, 0.25) is 0 Å². The number of ketones is 1. The van der Waals surface area contributed by atoms with Gasteiger partial charge in [-0.3, -0.25) is 14.9 Å². The first-order valence-electron chi connectivity index (χ1n) is 7.35. The van der Waals surface area contributed by atoms with Crippen LogP contribution in [0.5, 0.6) is 5.75 Å². The molecule has 0 saturated heterocycles. The Morgan fingerprint density at radius 3 is 2.50 bits per heavy atom. The first-order valence-corrected chi connectivity index (χ1v) is 7.76. The van der Waals surface area contributed by atoms with Crippen molar-refractivity contribution in [2.45, 2.75) is 13.8 Å². The largest absolute Gasteiger partial charge is 0.484 e. The highest BCUT2D eigenvalue weighted by molar-refractivity contribution is 7.80. The van der Waals surface area contributed by atoms with Gasteiger partial charge in [-0.05, 0) is 50.3 Å². The van der Waals surface area contributed by atoms with Gasteiger partial charge in [-0.15, -0.1) is 0 Å². The summed E-state index contributed by atoms with van der Waals surface area (Å²) in [5.74, 6) is 0.208. The molecule has 2 rings (SSSR count). The highest BCUT2D eigenvalue weighted by Gasteiger charge is 2.07. The molecule has 2 N–H and O–H groups in total. The van der Waals surface area contributed by atoms with E-state index in [1.54, 1.807) is 36.4 Å². The number of rotatable bonds is 5. The number of ether oxygens (including phenoxy) is 1. The molecule has 24 heavy (non-hydrogen) atoms. The van der Waals surface area contributed by atoms with Gasteiger partial charge < -0.3 is 10.1 Å². The lowest BCUT2D eigenvalue weighted by atomic mass is 10.1. The van der Waals surface area contributed by atoms with Crippen molar-refractivity contribution in [2.24, 2.45) is 0 Å². The van der Waals surface area contributed by atoms with Crippen LogP contribution in [0.25, 0.3) is 0 Å². The SMILES string of the molecule is CC(=O)c1cccc(NC(=S)NC(=O)COc2ccc(C)cc2)c1. The Labute approximate surface area is 146 Å². The maximum absolute atomic E-state index is 11.8. The van der Waals surface area contributed by atoms with Crippen LogP contribution in [0.2, 0.25) is 0 Å². The summed E-state index contributed by atoms with van der Waals surface area (Å²) in [6.45, 7) is 3.32. The van der Waals surface area contributed by atoms with Gasteiger partial charge in [-0.2, -0.15) is 0 Å². The van der Waals surface area contributed by atoms with Crippen molar-refractivity contribution in [1.82, 2.24) is 5.32 Å². The summed E-state index contributed by atoms with van der Waals surface area (Å²) in [7, 11) is 0. The van der Waals surface area contributed by atoms with Crippen molar-refractivity contribution in [3.8, 4) is 5.75 Å². The fraction of sp³-hybridized carbons (Fsp3) is 0.167. The number of thiocarbonyl (C=S) groups is 1. The number of Topliss-reactive ketones (excluding diaryl/α,β-unsaturated/α-hetero) is 1. The third-order valence-corrected chi connectivity index (χ3v) is 3.37. The van der Waals surface area contributed by atoms with Crippen molar-refractivity contribution in [3.63, 3.8) is 0 Å². The number of amides is 1. The molecule has 0 heterocycles. The highest BCUT2D eigenvalue weighted by Crippen LogP contribution is 2.12. The Morgan fingerprint density at radius 1 is 1.12 bits per heavy atom. The lowest BCUT2D eigenvalue weighted by Gasteiger charge is -2.11. The summed E-state index contributed by atoms with van der Waals surface area (Å²) in [4.78, 5) is 23.2. The molecular formula is C18H18N2O3S. The number of benzene rings is 2. The molecule has 2 aromatic carbocycles. The molecule has 0 atom stereocenters. The first-order chi connectivity index (χ1) is 11.4. The van der Waals surface area contributed by atoms with Crippen LogP contribution in [0.4, 0.5) is 5.69 Å². The minimum atomic E-state index is -0.365. The van der Waals surface area contributed by atoms with E-state index in [0.717, 1.165) is 5.56 Å². The zero-order valence-electron chi connectivity index (χ0n) is 13.5. The summed E-state index contributed by atoms with van der Waals surface area (Å²) < 4.78 is 5.38. The molecule has 0 aromatic heterocycles. The number of nitrogens with one attached hydrogen (secondary N) is 2. The number of hydrogen-bond acceptors (Lipinski definition) is 4. The minimum absolute atomic E-state index is 0.0416. The van der Waals surface area contributed by atoms with Crippen LogP contribution in [0.15, 0.2) is 48.5 Å². The van der Waals surface area contributed by atoms with E-state index in [1.807, 2.05) is 19.1 Å². The number of carbonyl (C=O) groups is 2. The maximum Gasteiger partial charge on any atom is 0.264 e. The lowest BCUT2D eigenvalue weighted by Crippen LogP contribution is -2.37. The van der Waals surface area contributed by atoms with Crippen LogP contribution in [0.1, 0.15) is 22.8 Å². The summed E-state index contributed by atoms with van der Waals surface area (Å²) in [5.41, 5.74) is 2.31. The first kappa shape index (κ1) is 17.6. The van der Waals surface area contributed by atoms with E-state index in [4.69, 9.17) is 17.0 Å². The molecule has 0 unspecified atom stereocenters. The topological polar surface area (TPSA) is 67.4 Å². The van der Waals surface area contributed by atoms with Crippen molar-refractivity contribution >= 4 is 34.7 Å². The molecule has 0 bridgehead atoms. The summed E-state index contributed by atoms with van der Waals surface area (Å²) >= 11 is 5.09. The fourth-order valence-electron chi connectivity index (χ4n) is 1.92. The molecule has 5 nitrogen and oxygen atoms in total. The van der Waals surface area contributed by atoms with Gasteiger partial charge in [0.05, 0.1) is 0 Å². The van der Waals surface area contributed by atoms with Gasteiger partial charge in [-0.25, -0.2) is 0 Å². The quantitative estimate of drug-likeness (QED) is 0.646. The molecule has 0 aliphatic carbocycles. The van der Waals surface area contributed by atoms with E-state index in [9.17, 15) is 9.59 Å². The highest BCUT2D eigenvalue weighted by atomic mass is 32.1. The summed E-state index contributed by atoms with van der Waals surface area (Å²) in [6.07, 6.45) is 0. The monoisotopic (exact) mass is 342 g/mol. The van der Waals surface area contributed by atoms with Crippen LogP contribution in [-0.4, -0.2) is 23.4 Å². The van der Waals surface area contributed by atoms with Gasteiger partial charge in [-0.1, -0.05) is 29.8 Å². The molecule has 0 radical (unpaired) electrons. The second-order valence-corrected chi connectivity index (χ2v) is 5.65. The molecule has 0 saturated carbocycles. The second kappa shape index (κ2) is 8.21. The molecule has 0 spiro atoms. The molecular weight excluding hydrogens is 324 g/mol. The Morgan fingerprint density at radius 2 is 1.83 bits per heavy atom.